The molecular weight excluding hydrogens is 352 g/mol. The quantitative estimate of drug-likeness (QED) is 0.680. The third kappa shape index (κ3) is 6.26. The van der Waals surface area contributed by atoms with Gasteiger partial charge in [0.25, 0.3) is 0 Å². The van der Waals surface area contributed by atoms with Crippen molar-refractivity contribution in [3.8, 4) is 0 Å². The van der Waals surface area contributed by atoms with Crippen LogP contribution in [0.2, 0.25) is 0 Å². The van der Waals surface area contributed by atoms with E-state index in [1.807, 2.05) is 5.38 Å². The van der Waals surface area contributed by atoms with Crippen molar-refractivity contribution in [3.05, 3.63) is 16.1 Å². The number of hydrogen-bond acceptors (Lipinski definition) is 6. The molecule has 144 valence electrons. The minimum Gasteiger partial charge on any atom is -0.379 e. The highest BCUT2D eigenvalue weighted by Gasteiger charge is 2.17. The molecule has 1 saturated heterocycles. The number of aliphatic imine (C=N–C) groups is 1. The summed E-state index contributed by atoms with van der Waals surface area (Å²) in [6.07, 6.45) is 0.475. The van der Waals surface area contributed by atoms with Crippen LogP contribution in [0.1, 0.15) is 43.8 Å². The number of amides is 2. The predicted octanol–water partition coefficient (Wildman–Crippen LogP) is 2.57. The first-order valence-corrected chi connectivity index (χ1v) is 9.82. The fraction of sp³-hybridized carbons (Fsp3) is 0.667. The Hall–Kier alpha value is -1.64. The van der Waals surface area contributed by atoms with Crippen molar-refractivity contribution in [1.29, 1.82) is 0 Å². The van der Waals surface area contributed by atoms with Crippen LogP contribution in [0.4, 0.5) is 4.79 Å². The summed E-state index contributed by atoms with van der Waals surface area (Å²) < 4.78 is 5.32. The van der Waals surface area contributed by atoms with Crippen molar-refractivity contribution in [3.63, 3.8) is 0 Å². The van der Waals surface area contributed by atoms with E-state index >= 15 is 0 Å². The third-order valence-electron chi connectivity index (χ3n) is 4.19. The second-order valence-electron chi connectivity index (χ2n) is 6.79. The number of thiazole rings is 1. The number of ketones is 1. The smallest absolute Gasteiger partial charge is 0.343 e. The van der Waals surface area contributed by atoms with Gasteiger partial charge in [-0.2, -0.15) is 4.99 Å². The summed E-state index contributed by atoms with van der Waals surface area (Å²) in [5.74, 6) is 0.216. The van der Waals surface area contributed by atoms with Gasteiger partial charge in [-0.15, -0.1) is 11.3 Å². The lowest BCUT2D eigenvalue weighted by Gasteiger charge is -2.26. The summed E-state index contributed by atoms with van der Waals surface area (Å²) >= 11 is 1.60. The zero-order chi connectivity index (χ0) is 19.1. The van der Waals surface area contributed by atoms with Crippen molar-refractivity contribution < 1.29 is 14.3 Å². The van der Waals surface area contributed by atoms with Gasteiger partial charge in [-0.1, -0.05) is 13.8 Å². The minimum atomic E-state index is -0.406. The largest absolute Gasteiger partial charge is 0.379 e. The molecule has 2 amide bonds. The molecular formula is C18H28N4O3S. The lowest BCUT2D eigenvalue weighted by atomic mass is 10.2. The van der Waals surface area contributed by atoms with Gasteiger partial charge in [-0.3, -0.25) is 9.69 Å². The topological polar surface area (TPSA) is 75.1 Å². The fourth-order valence-corrected chi connectivity index (χ4v) is 3.40. The first kappa shape index (κ1) is 20.7. The van der Waals surface area contributed by atoms with E-state index in [0.717, 1.165) is 23.8 Å². The fourth-order valence-electron chi connectivity index (χ4n) is 2.57. The average Bonchev–Trinajstić information content (AvgIpc) is 3.07. The van der Waals surface area contributed by atoms with Gasteiger partial charge in [0.2, 0.25) is 0 Å². The van der Waals surface area contributed by atoms with Crippen LogP contribution in [0, 0.1) is 0 Å². The number of morpholine rings is 1. The Balaban J connectivity index is 1.93. The molecule has 1 aliphatic heterocycles. The second kappa shape index (κ2) is 9.89. The second-order valence-corrected chi connectivity index (χ2v) is 7.68. The molecule has 1 aromatic rings. The van der Waals surface area contributed by atoms with Crippen LogP contribution < -0.4 is 0 Å². The average molecular weight is 381 g/mol. The van der Waals surface area contributed by atoms with Crippen LogP contribution in [0.25, 0.3) is 0 Å². The lowest BCUT2D eigenvalue weighted by molar-refractivity contribution is -0.111. The van der Waals surface area contributed by atoms with E-state index in [1.165, 1.54) is 11.8 Å². The molecule has 0 N–H and O–H groups in total. The number of aromatic nitrogens is 1. The van der Waals surface area contributed by atoms with Crippen molar-refractivity contribution in [2.24, 2.45) is 4.99 Å². The zero-order valence-electron chi connectivity index (χ0n) is 16.0. The summed E-state index contributed by atoms with van der Waals surface area (Å²) in [7, 11) is 1.68. The van der Waals surface area contributed by atoms with Gasteiger partial charge in [-0.25, -0.2) is 9.78 Å². The number of carbonyl (C=O) groups is 2. The summed E-state index contributed by atoms with van der Waals surface area (Å²) in [5, 5.41) is 3.02. The van der Waals surface area contributed by atoms with E-state index < -0.39 is 6.03 Å². The van der Waals surface area contributed by atoms with Gasteiger partial charge in [0.05, 0.1) is 36.2 Å². The van der Waals surface area contributed by atoms with E-state index in [4.69, 9.17) is 4.74 Å². The molecule has 2 heterocycles. The maximum Gasteiger partial charge on any atom is 0.343 e. The van der Waals surface area contributed by atoms with Crippen molar-refractivity contribution in [1.82, 2.24) is 14.8 Å². The molecule has 8 heteroatoms. The molecule has 0 aromatic carbocycles. The molecule has 0 radical (unpaired) electrons. The highest BCUT2D eigenvalue weighted by Crippen LogP contribution is 2.19. The van der Waals surface area contributed by atoms with Crippen LogP contribution in [0.15, 0.2) is 10.4 Å². The van der Waals surface area contributed by atoms with Gasteiger partial charge in [0.1, 0.15) is 0 Å². The van der Waals surface area contributed by atoms with E-state index in [9.17, 15) is 9.59 Å². The highest BCUT2D eigenvalue weighted by molar-refractivity contribution is 7.09. The normalized spacial score (nSPS) is 16.1. The lowest BCUT2D eigenvalue weighted by Crippen LogP contribution is -2.38. The van der Waals surface area contributed by atoms with Gasteiger partial charge < -0.3 is 9.64 Å². The molecule has 0 aliphatic carbocycles. The van der Waals surface area contributed by atoms with E-state index in [1.54, 1.807) is 18.4 Å². The van der Waals surface area contributed by atoms with Crippen molar-refractivity contribution in [2.75, 3.05) is 39.9 Å². The van der Waals surface area contributed by atoms with Gasteiger partial charge in [0.15, 0.2) is 5.78 Å². The van der Waals surface area contributed by atoms with E-state index in [0.29, 0.717) is 44.4 Å². The first-order valence-electron chi connectivity index (χ1n) is 8.94. The Morgan fingerprint density at radius 3 is 2.65 bits per heavy atom. The molecule has 0 saturated carbocycles. The van der Waals surface area contributed by atoms with E-state index in [-0.39, 0.29) is 5.78 Å². The van der Waals surface area contributed by atoms with E-state index in [2.05, 4.69) is 28.7 Å². The van der Waals surface area contributed by atoms with Crippen molar-refractivity contribution in [2.45, 2.75) is 39.7 Å². The molecule has 1 aliphatic rings. The third-order valence-corrected chi connectivity index (χ3v) is 5.39. The summed E-state index contributed by atoms with van der Waals surface area (Å²) in [4.78, 5) is 36.6. The van der Waals surface area contributed by atoms with Gasteiger partial charge >= 0.3 is 6.03 Å². The predicted molar refractivity (Wildman–Crippen MR) is 103 cm³/mol. The number of rotatable bonds is 7. The number of hydrogen-bond donors (Lipinski definition) is 0. The number of nitrogens with zero attached hydrogens (tertiary/aromatic N) is 4. The Labute approximate surface area is 159 Å². The number of urea groups is 1. The summed E-state index contributed by atoms with van der Waals surface area (Å²) in [5.41, 5.74) is 1.18. The SMILES string of the molecule is CC(=O)C(CCN1CCOCC1)=NC(=O)N(C)Cc1csc(C(C)C)n1. The van der Waals surface area contributed by atoms with Gasteiger partial charge in [-0.05, 0) is 0 Å². The Morgan fingerprint density at radius 1 is 1.38 bits per heavy atom. The molecule has 7 nitrogen and oxygen atoms in total. The van der Waals surface area contributed by atoms with Crippen LogP contribution in [-0.4, -0.2) is 72.2 Å². The molecule has 0 spiro atoms. The monoisotopic (exact) mass is 380 g/mol. The standard InChI is InChI=1S/C18H28N4O3S/c1-13(2)17-19-15(12-26-17)11-21(4)18(24)20-16(14(3)23)5-6-22-7-9-25-10-8-22/h12-13H,5-11H2,1-4H3. The molecule has 1 fully saturated rings. The van der Waals surface area contributed by atoms with Crippen LogP contribution in [-0.2, 0) is 16.1 Å². The Bertz CT molecular complexity index is 651. The molecule has 0 unspecified atom stereocenters. The maximum absolute atomic E-state index is 12.4. The molecule has 0 bridgehead atoms. The Morgan fingerprint density at radius 2 is 2.08 bits per heavy atom. The summed E-state index contributed by atoms with van der Waals surface area (Å²) in [6.45, 7) is 9.86. The minimum absolute atomic E-state index is 0.157. The van der Waals surface area contributed by atoms with Crippen LogP contribution in [0.3, 0.4) is 0 Å². The molecule has 2 rings (SSSR count). The molecule has 26 heavy (non-hydrogen) atoms. The first-order chi connectivity index (χ1) is 12.4. The Kier molecular flexibility index (Phi) is 7.86. The molecule has 1 aromatic heterocycles. The number of Topliss-reactive ketones (excluding diaryl/α,β-unsaturated/α-hetero) is 1. The van der Waals surface area contributed by atoms with Gasteiger partial charge in [0, 0.05) is 51.3 Å². The van der Waals surface area contributed by atoms with Crippen molar-refractivity contribution >= 4 is 28.9 Å². The highest BCUT2D eigenvalue weighted by atomic mass is 32.1. The number of carbonyl (C=O) groups excluding carboxylic acids is 2. The van der Waals surface area contributed by atoms with Crippen LogP contribution >= 0.6 is 11.3 Å². The number of ether oxygens (including phenoxy) is 1. The molecule has 0 atom stereocenters. The maximum atomic E-state index is 12.4. The van der Waals surface area contributed by atoms with Crippen LogP contribution in [0.5, 0.6) is 0 Å². The summed E-state index contributed by atoms with van der Waals surface area (Å²) in [6, 6.07) is -0.406. The zero-order valence-corrected chi connectivity index (χ0v) is 16.8.